The van der Waals surface area contributed by atoms with E-state index in [-0.39, 0.29) is 47.8 Å². The molecule has 71 heavy (non-hydrogen) atoms. The minimum absolute atomic E-state index is 0. The molecule has 2 heterocycles. The predicted octanol–water partition coefficient (Wildman–Crippen LogP) is 1.29. The minimum Gasteiger partial charge on any atom is -0.497 e. The van der Waals surface area contributed by atoms with Crippen LogP contribution in [0.25, 0.3) is 0 Å². The molecule has 20 nitrogen and oxygen atoms in total. The number of hydrogen-bond donors (Lipinski definition) is 8. The Bertz CT molecular complexity index is 2230. The number of likely N-dealkylation sites (tertiary alicyclic amines) is 2. The van der Waals surface area contributed by atoms with E-state index >= 15 is 0 Å². The first-order chi connectivity index (χ1) is 32.7. The van der Waals surface area contributed by atoms with Crippen molar-refractivity contribution in [2.75, 3.05) is 40.4 Å². The minimum atomic E-state index is -4.67. The Morgan fingerprint density at radius 1 is 0.577 bits per heavy atom. The van der Waals surface area contributed by atoms with Crippen molar-refractivity contribution in [3.63, 3.8) is 0 Å². The summed E-state index contributed by atoms with van der Waals surface area (Å²) < 4.78 is 41.9. The lowest BCUT2D eigenvalue weighted by Gasteiger charge is -2.35. The second-order valence-electron chi connectivity index (χ2n) is 17.5. The van der Waals surface area contributed by atoms with Gasteiger partial charge in [-0.15, -0.1) is 0 Å². The average Bonchev–Trinajstić information content (AvgIpc) is 3.95. The fourth-order valence-electron chi connectivity index (χ4n) is 8.36. The molecule has 392 valence electrons. The molecule has 0 unspecified atom stereocenters. The third-order valence-electron chi connectivity index (χ3n) is 12.5. The van der Waals surface area contributed by atoms with E-state index in [0.717, 1.165) is 57.7 Å². The molecule has 6 rings (SSSR count). The smallest absolute Gasteiger partial charge is 0.394 e. The highest BCUT2D eigenvalue weighted by Crippen LogP contribution is 2.31. The Morgan fingerprint density at radius 3 is 1.14 bits per heavy atom. The van der Waals surface area contributed by atoms with E-state index in [9.17, 15) is 19.2 Å². The Kier molecular flexibility index (Phi) is 24.7. The van der Waals surface area contributed by atoms with Crippen molar-refractivity contribution in [2.45, 2.75) is 102 Å². The molecule has 4 aromatic carbocycles. The highest BCUT2D eigenvalue weighted by Gasteiger charge is 2.47. The van der Waals surface area contributed by atoms with Gasteiger partial charge in [0.25, 0.3) is 0 Å². The molecule has 0 saturated carbocycles. The van der Waals surface area contributed by atoms with Gasteiger partial charge in [-0.25, -0.2) is 0 Å². The van der Waals surface area contributed by atoms with E-state index < -0.39 is 33.6 Å². The van der Waals surface area contributed by atoms with Crippen molar-refractivity contribution in [2.24, 2.45) is 11.5 Å². The Hall–Kier alpha value is -6.01. The zero-order valence-electron chi connectivity index (χ0n) is 40.8. The van der Waals surface area contributed by atoms with E-state index in [1.54, 1.807) is 24.0 Å². The van der Waals surface area contributed by atoms with Crippen molar-refractivity contribution in [1.82, 2.24) is 20.4 Å². The lowest BCUT2D eigenvalue weighted by atomic mass is 9.96. The molecule has 0 bridgehead atoms. The number of carbonyl (C=O) groups excluding carboxylic acids is 4. The highest BCUT2D eigenvalue weighted by atomic mass is 32.3. The van der Waals surface area contributed by atoms with Crippen LogP contribution >= 0.6 is 0 Å². The van der Waals surface area contributed by atoms with Gasteiger partial charge in [-0.2, -0.15) is 8.42 Å². The molecule has 2 aliphatic rings. The predicted molar refractivity (Wildman–Crippen MR) is 268 cm³/mol. The number of methoxy groups -OCH3 is 2. The van der Waals surface area contributed by atoms with Crippen LogP contribution in [-0.2, 0) is 68.5 Å². The van der Waals surface area contributed by atoms with Gasteiger partial charge in [0.05, 0.1) is 39.5 Å². The molecule has 2 fully saturated rings. The van der Waals surface area contributed by atoms with Crippen LogP contribution in [0.4, 0.5) is 0 Å². The molecule has 4 aromatic rings. The molecule has 4 atom stereocenters. The third kappa shape index (κ3) is 18.3. The number of hydrogen-bond acceptors (Lipinski definition) is 12. The average molecular weight is 1010 g/mol. The van der Waals surface area contributed by atoms with Gasteiger partial charge >= 0.3 is 10.4 Å². The number of nitrogens with zero attached hydrogens (tertiary/aromatic N) is 2. The highest BCUT2D eigenvalue weighted by molar-refractivity contribution is 7.79. The summed E-state index contributed by atoms with van der Waals surface area (Å²) in [6, 6.07) is 28.8. The van der Waals surface area contributed by atoms with Crippen LogP contribution in [-0.4, -0.2) is 136 Å². The lowest BCUT2D eigenvalue weighted by Crippen LogP contribution is -2.59. The first kappa shape index (κ1) is 61.1. The molecule has 21 heteroatoms. The summed E-state index contributed by atoms with van der Waals surface area (Å²) in [5, 5.41) is 24.3. The topological polar surface area (TPSA) is 347 Å². The van der Waals surface area contributed by atoms with Gasteiger partial charge in [0, 0.05) is 26.2 Å². The molecule has 0 aliphatic carbocycles. The summed E-state index contributed by atoms with van der Waals surface area (Å²) in [4.78, 5) is 55.6. The van der Waals surface area contributed by atoms with Crippen LogP contribution in [0.15, 0.2) is 97.1 Å². The van der Waals surface area contributed by atoms with Crippen LogP contribution in [0.5, 0.6) is 11.5 Å². The van der Waals surface area contributed by atoms with Gasteiger partial charge in [0.1, 0.15) is 22.6 Å². The Balaban J connectivity index is 0.000000433. The fourth-order valence-corrected chi connectivity index (χ4v) is 8.36. The lowest BCUT2D eigenvalue weighted by molar-refractivity contribution is -0.145. The molecule has 14 N–H and O–H groups in total. The second kappa shape index (κ2) is 28.7. The molecule has 4 amide bonds. The van der Waals surface area contributed by atoms with Crippen molar-refractivity contribution in [3.8, 4) is 11.5 Å². The standard InChI is InChI=1S/2C25H33N3O4.H2O4S.2H2O/c2*1-25(24(31)27-14-12-18-4-6-20(17-29)7-5-18)13-3-15-28(25)23(30)22(26)16-19-8-10-21(32-2)11-9-19;1-5(2,3)4;;/h2*4-11,22,29H,3,12-17,26H2,1-2H3,(H,27,31);(H2,1,2,3,4);2*1H2/t2*22-,25-;;;/m00.../s1. The van der Waals surface area contributed by atoms with Gasteiger partial charge in [-0.3, -0.25) is 28.3 Å². The normalized spacial score (nSPS) is 17.9. The molecule has 0 spiro atoms. The van der Waals surface area contributed by atoms with Crippen molar-refractivity contribution in [1.29, 1.82) is 0 Å². The van der Waals surface area contributed by atoms with E-state index in [2.05, 4.69) is 10.6 Å². The van der Waals surface area contributed by atoms with E-state index in [4.69, 9.17) is 48.7 Å². The van der Waals surface area contributed by atoms with Crippen LogP contribution in [0, 0.1) is 0 Å². The quantitative estimate of drug-likeness (QED) is 0.0652. The van der Waals surface area contributed by atoms with Gasteiger partial charge in [-0.1, -0.05) is 72.8 Å². The van der Waals surface area contributed by atoms with Crippen molar-refractivity contribution < 1.29 is 67.3 Å². The van der Waals surface area contributed by atoms with Crippen LogP contribution in [0.1, 0.15) is 72.9 Å². The summed E-state index contributed by atoms with van der Waals surface area (Å²) >= 11 is 0. The Morgan fingerprint density at radius 2 is 0.859 bits per heavy atom. The summed E-state index contributed by atoms with van der Waals surface area (Å²) in [5.74, 6) is 0.814. The SMILES string of the molecule is COc1ccc(C[C@H](N)C(=O)N2CCC[C@@]2(C)C(=O)NCCc2ccc(CO)cc2)cc1.COc1ccc(C[C@H](N)C(=O)N2CCC[C@@]2(C)C(=O)NCCc2ccc(CO)cc2)cc1.O.O.O=S(=O)(O)O. The summed E-state index contributed by atoms with van der Waals surface area (Å²) in [6.45, 7) is 5.69. The van der Waals surface area contributed by atoms with Gasteiger partial charge < -0.3 is 62.5 Å². The number of amides is 4. The van der Waals surface area contributed by atoms with Gasteiger partial charge in [-0.05, 0) is 123 Å². The van der Waals surface area contributed by atoms with Crippen molar-refractivity contribution in [3.05, 3.63) is 130 Å². The maximum atomic E-state index is 13.1. The second-order valence-corrected chi connectivity index (χ2v) is 18.4. The molecule has 0 aromatic heterocycles. The number of nitrogens with one attached hydrogen (secondary N) is 2. The van der Waals surface area contributed by atoms with Crippen LogP contribution < -0.4 is 31.6 Å². The number of benzene rings is 4. The number of carbonyl (C=O) groups is 4. The van der Waals surface area contributed by atoms with Gasteiger partial charge in [0.15, 0.2) is 0 Å². The number of nitrogens with two attached hydrogens (primary N) is 2. The summed E-state index contributed by atoms with van der Waals surface area (Å²) in [7, 11) is -1.45. The monoisotopic (exact) mass is 1010 g/mol. The molecule has 0 radical (unpaired) electrons. The van der Waals surface area contributed by atoms with Crippen LogP contribution in [0.2, 0.25) is 0 Å². The molecule has 2 saturated heterocycles. The van der Waals surface area contributed by atoms with Gasteiger partial charge in [0.2, 0.25) is 23.6 Å². The third-order valence-corrected chi connectivity index (χ3v) is 12.5. The number of rotatable bonds is 18. The zero-order valence-corrected chi connectivity index (χ0v) is 41.6. The molecular weight excluding hydrogens is 941 g/mol. The first-order valence-corrected chi connectivity index (χ1v) is 24.2. The summed E-state index contributed by atoms with van der Waals surface area (Å²) in [5.41, 5.74) is 16.5. The van der Waals surface area contributed by atoms with Crippen LogP contribution in [0.3, 0.4) is 0 Å². The Labute approximate surface area is 415 Å². The van der Waals surface area contributed by atoms with E-state index in [1.165, 1.54) is 0 Å². The van der Waals surface area contributed by atoms with Crippen molar-refractivity contribution >= 4 is 34.0 Å². The largest absolute Gasteiger partial charge is 0.497 e. The first-order valence-electron chi connectivity index (χ1n) is 22.8. The fraction of sp³-hybridized carbons (Fsp3) is 0.440. The molecule has 2 aliphatic heterocycles. The number of ether oxygens (including phenoxy) is 2. The van der Waals surface area contributed by atoms with E-state index in [1.807, 2.05) is 111 Å². The number of aliphatic hydroxyl groups excluding tert-OH is 2. The summed E-state index contributed by atoms with van der Waals surface area (Å²) in [6.07, 6.45) is 4.94. The van der Waals surface area contributed by atoms with E-state index in [0.29, 0.717) is 64.7 Å². The maximum Gasteiger partial charge on any atom is 0.394 e. The number of aliphatic hydroxyl groups is 2. The zero-order chi connectivity index (χ0) is 50.8. The maximum absolute atomic E-state index is 13.1. The molecular formula is C50H72N6O14S.